The van der Waals surface area contributed by atoms with Crippen molar-refractivity contribution in [2.75, 3.05) is 18.6 Å². The van der Waals surface area contributed by atoms with Gasteiger partial charge in [-0.2, -0.15) is 0 Å². The molecule has 2 aromatic rings. The minimum Gasteiger partial charge on any atom is -0.496 e. The smallest absolute Gasteiger partial charge is 0.227 e. The van der Waals surface area contributed by atoms with E-state index < -0.39 is 0 Å². The van der Waals surface area contributed by atoms with Crippen LogP contribution in [0.25, 0.3) is 0 Å². The van der Waals surface area contributed by atoms with Gasteiger partial charge in [-0.1, -0.05) is 18.2 Å². The Morgan fingerprint density at radius 2 is 2.00 bits per heavy atom. The number of rotatable bonds is 5. The van der Waals surface area contributed by atoms with Crippen LogP contribution >= 0.6 is 31.9 Å². The summed E-state index contributed by atoms with van der Waals surface area (Å²) in [5, 5.41) is 2.92. The molecule has 1 fully saturated rings. The predicted octanol–water partition coefficient (Wildman–Crippen LogP) is 3.89. The van der Waals surface area contributed by atoms with Crippen LogP contribution in [0.5, 0.6) is 5.75 Å². The van der Waals surface area contributed by atoms with Gasteiger partial charge in [-0.3, -0.25) is 9.59 Å². The summed E-state index contributed by atoms with van der Waals surface area (Å²) in [4.78, 5) is 26.5. The van der Waals surface area contributed by atoms with Crippen molar-refractivity contribution in [1.82, 2.24) is 5.32 Å². The van der Waals surface area contributed by atoms with Crippen LogP contribution in [0.15, 0.2) is 51.4 Å². The lowest BCUT2D eigenvalue weighted by Crippen LogP contribution is -2.32. The molecule has 2 amide bonds. The first-order valence-electron chi connectivity index (χ1n) is 8.14. The highest BCUT2D eigenvalue weighted by molar-refractivity contribution is 9.11. The van der Waals surface area contributed by atoms with Crippen LogP contribution in [0.4, 0.5) is 5.69 Å². The number of para-hydroxylation sites is 1. The fraction of sp³-hybridized carbons (Fsp3) is 0.263. The molecule has 0 aliphatic carbocycles. The van der Waals surface area contributed by atoms with Gasteiger partial charge in [-0.15, -0.1) is 0 Å². The largest absolute Gasteiger partial charge is 0.496 e. The molecule has 1 atom stereocenters. The van der Waals surface area contributed by atoms with E-state index in [1.165, 1.54) is 0 Å². The van der Waals surface area contributed by atoms with Gasteiger partial charge in [0.25, 0.3) is 0 Å². The fourth-order valence-electron chi connectivity index (χ4n) is 2.94. The second-order valence-corrected chi connectivity index (χ2v) is 7.75. The van der Waals surface area contributed by atoms with Crippen LogP contribution < -0.4 is 15.0 Å². The van der Waals surface area contributed by atoms with Crippen molar-refractivity contribution in [3.8, 4) is 5.75 Å². The lowest BCUT2D eigenvalue weighted by Gasteiger charge is -2.18. The number of hydrogen-bond acceptors (Lipinski definition) is 3. The molecule has 2 aromatic carbocycles. The Balaban J connectivity index is 1.62. The highest BCUT2D eigenvalue weighted by Gasteiger charge is 2.35. The highest BCUT2D eigenvalue weighted by atomic mass is 79.9. The predicted molar refractivity (Wildman–Crippen MR) is 107 cm³/mol. The molecule has 1 aliphatic heterocycles. The Morgan fingerprint density at radius 1 is 1.23 bits per heavy atom. The summed E-state index contributed by atoms with van der Waals surface area (Å²) in [6, 6.07) is 13.2. The van der Waals surface area contributed by atoms with E-state index in [1.807, 2.05) is 42.5 Å². The number of methoxy groups -OCH3 is 1. The zero-order valence-electron chi connectivity index (χ0n) is 14.2. The van der Waals surface area contributed by atoms with E-state index in [0.717, 1.165) is 25.9 Å². The van der Waals surface area contributed by atoms with E-state index in [-0.39, 0.29) is 24.2 Å². The number of ether oxygens (including phenoxy) is 1. The number of hydrogen-bond donors (Lipinski definition) is 1. The Bertz CT molecular complexity index is 841. The first-order chi connectivity index (χ1) is 12.5. The summed E-state index contributed by atoms with van der Waals surface area (Å²) in [5.41, 5.74) is 1.75. The van der Waals surface area contributed by atoms with Crippen LogP contribution in [0.3, 0.4) is 0 Å². The van der Waals surface area contributed by atoms with E-state index in [4.69, 9.17) is 4.74 Å². The highest BCUT2D eigenvalue weighted by Crippen LogP contribution is 2.31. The Morgan fingerprint density at radius 3 is 2.69 bits per heavy atom. The average Bonchev–Trinajstić information content (AvgIpc) is 3.02. The number of carbonyl (C=O) groups is 2. The van der Waals surface area contributed by atoms with Gasteiger partial charge < -0.3 is 15.0 Å². The maximum absolute atomic E-state index is 12.5. The normalized spacial score (nSPS) is 16.7. The molecule has 7 heteroatoms. The van der Waals surface area contributed by atoms with E-state index >= 15 is 0 Å². The van der Waals surface area contributed by atoms with Crippen LogP contribution in [0, 0.1) is 5.92 Å². The number of benzene rings is 2. The topological polar surface area (TPSA) is 58.6 Å². The molecule has 1 saturated heterocycles. The third kappa shape index (κ3) is 4.10. The van der Waals surface area contributed by atoms with E-state index in [0.29, 0.717) is 13.1 Å². The summed E-state index contributed by atoms with van der Waals surface area (Å²) >= 11 is 6.90. The first kappa shape index (κ1) is 18.9. The Labute approximate surface area is 169 Å². The van der Waals surface area contributed by atoms with Gasteiger partial charge in [0.15, 0.2) is 0 Å². The number of carbonyl (C=O) groups excluding carboxylic acids is 2. The van der Waals surface area contributed by atoms with Gasteiger partial charge >= 0.3 is 0 Å². The van der Waals surface area contributed by atoms with Gasteiger partial charge in [0.1, 0.15) is 5.75 Å². The minimum atomic E-state index is -0.351. The van der Waals surface area contributed by atoms with Gasteiger partial charge in [-0.05, 0) is 61.7 Å². The second kappa shape index (κ2) is 8.22. The molecule has 5 nitrogen and oxygen atoms in total. The minimum absolute atomic E-state index is 0.0377. The average molecular weight is 482 g/mol. The van der Waals surface area contributed by atoms with Crippen LogP contribution in [-0.4, -0.2) is 25.5 Å². The number of anilines is 1. The molecule has 26 heavy (non-hydrogen) atoms. The lowest BCUT2D eigenvalue weighted by molar-refractivity contribution is -0.126. The standard InChI is InChI=1S/C19H18Br2N2O3/c1-26-17-7-6-12(8-15(17)21)10-22-19(25)13-9-18(24)23(11-13)16-5-3-2-4-14(16)20/h2-8,13H,9-11H2,1H3,(H,22,25). The van der Waals surface area contributed by atoms with E-state index in [9.17, 15) is 9.59 Å². The molecule has 0 spiro atoms. The fourth-order valence-corrected chi connectivity index (χ4v) is 4.03. The molecule has 1 unspecified atom stereocenters. The summed E-state index contributed by atoms with van der Waals surface area (Å²) in [6.45, 7) is 0.792. The quantitative estimate of drug-likeness (QED) is 0.704. The van der Waals surface area contributed by atoms with Crippen molar-refractivity contribution >= 4 is 49.4 Å². The molecule has 0 saturated carbocycles. The summed E-state index contributed by atoms with van der Waals surface area (Å²) in [6.07, 6.45) is 0.222. The summed E-state index contributed by atoms with van der Waals surface area (Å²) < 4.78 is 6.88. The zero-order chi connectivity index (χ0) is 18.7. The van der Waals surface area contributed by atoms with Crippen LogP contribution in [-0.2, 0) is 16.1 Å². The molecule has 1 aliphatic rings. The summed E-state index contributed by atoms with van der Waals surface area (Å²) in [7, 11) is 1.61. The number of nitrogens with one attached hydrogen (secondary N) is 1. The van der Waals surface area contributed by atoms with Gasteiger partial charge in [-0.25, -0.2) is 0 Å². The van der Waals surface area contributed by atoms with Gasteiger partial charge in [0, 0.05) is 24.0 Å². The maximum atomic E-state index is 12.5. The number of halogens is 2. The molecular formula is C19H18Br2N2O3. The third-order valence-electron chi connectivity index (χ3n) is 4.32. The van der Waals surface area contributed by atoms with Crippen molar-refractivity contribution in [1.29, 1.82) is 0 Å². The molecule has 136 valence electrons. The SMILES string of the molecule is COc1ccc(CNC(=O)C2CC(=O)N(c3ccccc3Br)C2)cc1Br. The number of amides is 2. The van der Waals surface area contributed by atoms with Gasteiger partial charge in [0.2, 0.25) is 11.8 Å². The number of nitrogens with zero attached hydrogens (tertiary/aromatic N) is 1. The van der Waals surface area contributed by atoms with Crippen molar-refractivity contribution in [2.45, 2.75) is 13.0 Å². The van der Waals surface area contributed by atoms with Crippen molar-refractivity contribution in [2.24, 2.45) is 5.92 Å². The second-order valence-electron chi connectivity index (χ2n) is 6.04. The molecule has 3 rings (SSSR count). The Kier molecular flexibility index (Phi) is 5.98. The van der Waals surface area contributed by atoms with Crippen LogP contribution in [0.1, 0.15) is 12.0 Å². The van der Waals surface area contributed by atoms with E-state index in [1.54, 1.807) is 12.0 Å². The molecule has 0 aromatic heterocycles. The third-order valence-corrected chi connectivity index (χ3v) is 5.61. The molecule has 0 radical (unpaired) electrons. The molecular weight excluding hydrogens is 464 g/mol. The molecule has 1 heterocycles. The zero-order valence-corrected chi connectivity index (χ0v) is 17.3. The van der Waals surface area contributed by atoms with Crippen molar-refractivity contribution < 1.29 is 14.3 Å². The lowest BCUT2D eigenvalue weighted by atomic mass is 10.1. The Hall–Kier alpha value is -1.86. The van der Waals surface area contributed by atoms with Crippen molar-refractivity contribution in [3.05, 3.63) is 57.0 Å². The van der Waals surface area contributed by atoms with Gasteiger partial charge in [0.05, 0.1) is 23.2 Å². The van der Waals surface area contributed by atoms with Crippen molar-refractivity contribution in [3.63, 3.8) is 0 Å². The summed E-state index contributed by atoms with van der Waals surface area (Å²) in [5.74, 6) is 0.242. The molecule has 1 N–H and O–H groups in total. The van der Waals surface area contributed by atoms with Crippen LogP contribution in [0.2, 0.25) is 0 Å². The maximum Gasteiger partial charge on any atom is 0.227 e. The molecule has 0 bridgehead atoms. The monoisotopic (exact) mass is 480 g/mol. The first-order valence-corrected chi connectivity index (χ1v) is 9.73. The van der Waals surface area contributed by atoms with E-state index in [2.05, 4.69) is 37.2 Å².